The minimum absolute atomic E-state index is 0.0446. The molecule has 0 bridgehead atoms. The molecule has 2 aromatic carbocycles. The van der Waals surface area contributed by atoms with Gasteiger partial charge in [-0.1, -0.05) is 29.5 Å². The van der Waals surface area contributed by atoms with Gasteiger partial charge in [0.1, 0.15) is 11.4 Å². The number of aryl methyl sites for hydroxylation is 1. The molecular formula is C31H33FN6O4. The molecular weight excluding hydrogens is 539 g/mol. The molecule has 0 aliphatic carbocycles. The van der Waals surface area contributed by atoms with E-state index in [0.29, 0.717) is 60.3 Å². The Morgan fingerprint density at radius 1 is 1.14 bits per heavy atom. The molecule has 1 atom stereocenters. The number of likely N-dealkylation sites (tertiary alicyclic amines) is 1. The maximum absolute atomic E-state index is 16.4. The Bertz CT molecular complexity index is 1680. The van der Waals surface area contributed by atoms with Crippen molar-refractivity contribution in [1.29, 1.82) is 0 Å². The molecule has 0 radical (unpaired) electrons. The van der Waals surface area contributed by atoms with E-state index in [1.165, 1.54) is 0 Å². The van der Waals surface area contributed by atoms with E-state index in [1.54, 1.807) is 53.0 Å². The lowest BCUT2D eigenvalue weighted by Crippen LogP contribution is -2.36. The average molecular weight is 573 g/mol. The van der Waals surface area contributed by atoms with E-state index < -0.39 is 11.4 Å². The van der Waals surface area contributed by atoms with E-state index in [1.807, 2.05) is 30.3 Å². The lowest BCUT2D eigenvalue weighted by molar-refractivity contribution is -0.131. The summed E-state index contributed by atoms with van der Waals surface area (Å²) in [5, 5.41) is 18.6. The van der Waals surface area contributed by atoms with Crippen molar-refractivity contribution in [2.24, 2.45) is 0 Å². The summed E-state index contributed by atoms with van der Waals surface area (Å²) < 4.78 is 23.6. The Balaban J connectivity index is 1.38. The third-order valence-corrected chi connectivity index (χ3v) is 8.10. The zero-order valence-electron chi connectivity index (χ0n) is 23.6. The Hall–Kier alpha value is -4.51. The summed E-state index contributed by atoms with van der Waals surface area (Å²) in [4.78, 5) is 32.8. The van der Waals surface area contributed by atoms with Crippen LogP contribution in [0.4, 0.5) is 4.39 Å². The second kappa shape index (κ2) is 11.1. The zero-order chi connectivity index (χ0) is 29.4. The highest BCUT2D eigenvalue weighted by molar-refractivity contribution is 6.05. The number of carbonyl (C=O) groups excluding carboxylic acids is 2. The van der Waals surface area contributed by atoms with E-state index in [-0.39, 0.29) is 42.5 Å². The normalized spacial score (nSPS) is 18.9. The van der Waals surface area contributed by atoms with Crippen LogP contribution in [0, 0.1) is 5.82 Å². The van der Waals surface area contributed by atoms with Gasteiger partial charge in [-0.15, -0.1) is 5.10 Å². The van der Waals surface area contributed by atoms with E-state index in [0.717, 1.165) is 5.56 Å². The molecule has 4 aromatic rings. The highest BCUT2D eigenvalue weighted by Gasteiger charge is 2.35. The topological polar surface area (TPSA) is 117 Å². The van der Waals surface area contributed by atoms with Crippen LogP contribution in [0.15, 0.2) is 54.9 Å². The van der Waals surface area contributed by atoms with Crippen molar-refractivity contribution >= 4 is 28.3 Å². The fourth-order valence-corrected chi connectivity index (χ4v) is 5.86. The van der Waals surface area contributed by atoms with Crippen LogP contribution in [0.25, 0.3) is 27.6 Å². The number of aromatic nitrogens is 4. The van der Waals surface area contributed by atoms with Gasteiger partial charge in [0.05, 0.1) is 31.0 Å². The monoisotopic (exact) mass is 572 g/mol. The van der Waals surface area contributed by atoms with Crippen molar-refractivity contribution < 1.29 is 23.8 Å². The summed E-state index contributed by atoms with van der Waals surface area (Å²) in [6.45, 7) is 3.56. The van der Waals surface area contributed by atoms with Gasteiger partial charge in [-0.25, -0.2) is 4.39 Å². The van der Waals surface area contributed by atoms with Crippen LogP contribution in [0.5, 0.6) is 5.75 Å². The molecule has 2 N–H and O–H groups in total. The number of hydrogen-bond donors (Lipinski definition) is 2. The molecule has 218 valence electrons. The van der Waals surface area contributed by atoms with E-state index in [2.05, 4.69) is 15.3 Å². The maximum Gasteiger partial charge on any atom is 0.270 e. The van der Waals surface area contributed by atoms with Crippen molar-refractivity contribution in [2.45, 2.75) is 38.3 Å². The molecule has 0 unspecified atom stereocenters. The first-order chi connectivity index (χ1) is 20.2. The first-order valence-corrected chi connectivity index (χ1v) is 14.1. The fraction of sp³-hybridized carbons (Fsp3) is 0.355. The van der Waals surface area contributed by atoms with Crippen molar-refractivity contribution in [3.63, 3.8) is 0 Å². The number of nitrogens with zero attached hydrogens (tertiary/aromatic N) is 5. The lowest BCUT2D eigenvalue weighted by Gasteiger charge is -2.28. The number of β-amino-alcohol motifs (C(OH)–C–C–N with tert-alkyl or cyclic N) is 1. The van der Waals surface area contributed by atoms with Crippen molar-refractivity contribution in [2.75, 3.05) is 33.3 Å². The summed E-state index contributed by atoms with van der Waals surface area (Å²) in [6, 6.07) is 10.9. The minimum atomic E-state index is -0.950. The van der Waals surface area contributed by atoms with Crippen molar-refractivity contribution in [3.8, 4) is 16.9 Å². The van der Waals surface area contributed by atoms with Gasteiger partial charge in [0.25, 0.3) is 5.91 Å². The van der Waals surface area contributed by atoms with Gasteiger partial charge in [-0.05, 0) is 49.1 Å². The van der Waals surface area contributed by atoms with Crippen LogP contribution in [0.3, 0.4) is 0 Å². The summed E-state index contributed by atoms with van der Waals surface area (Å²) in [7, 11) is 1.58. The molecule has 2 aliphatic rings. The van der Waals surface area contributed by atoms with E-state index >= 15 is 4.39 Å². The van der Waals surface area contributed by atoms with Gasteiger partial charge < -0.3 is 24.6 Å². The van der Waals surface area contributed by atoms with Gasteiger partial charge in [0.15, 0.2) is 5.82 Å². The first-order valence-electron chi connectivity index (χ1n) is 14.1. The number of rotatable bonds is 7. The van der Waals surface area contributed by atoms with E-state index in [4.69, 9.17) is 4.74 Å². The standard InChI is InChI=1S/C31H33FN6O4/c1-31(41)10-14-37(19-31)30(40)25-17-24-23(21-7-3-4-8-26(21)42-2)16-22(28(32)29(24)34-25)20-6-5-12-36(18-20)27(39)9-13-38-15-11-33-35-38/h3-4,6-8,11,15-17,34,41H,5,9-10,12-14,18-19H2,1-2H3/t31-/m1/s1. The smallest absolute Gasteiger partial charge is 0.270 e. The molecule has 1 fully saturated rings. The molecule has 2 amide bonds. The quantitative estimate of drug-likeness (QED) is 0.347. The molecule has 6 rings (SSSR count). The Morgan fingerprint density at radius 3 is 2.71 bits per heavy atom. The molecule has 2 aliphatic heterocycles. The highest BCUT2D eigenvalue weighted by Crippen LogP contribution is 2.40. The summed E-state index contributed by atoms with van der Waals surface area (Å²) in [6.07, 6.45) is 6.58. The number of aliphatic hydroxyl groups is 1. The Kier molecular flexibility index (Phi) is 7.28. The molecule has 11 heteroatoms. The largest absolute Gasteiger partial charge is 0.496 e. The number of methoxy groups -OCH3 is 1. The molecule has 0 spiro atoms. The van der Waals surface area contributed by atoms with Crippen LogP contribution in [-0.2, 0) is 11.3 Å². The van der Waals surface area contributed by atoms with Crippen LogP contribution >= 0.6 is 0 Å². The lowest BCUT2D eigenvalue weighted by atomic mass is 9.93. The Morgan fingerprint density at radius 2 is 1.98 bits per heavy atom. The number of amides is 2. The Labute approximate surface area is 242 Å². The van der Waals surface area contributed by atoms with Gasteiger partial charge in [-0.3, -0.25) is 14.3 Å². The van der Waals surface area contributed by atoms with Crippen LogP contribution < -0.4 is 4.74 Å². The van der Waals surface area contributed by atoms with Gasteiger partial charge in [-0.2, -0.15) is 0 Å². The number of H-pyrrole nitrogens is 1. The summed E-state index contributed by atoms with van der Waals surface area (Å²) in [5.41, 5.74) is 2.03. The number of para-hydroxylation sites is 1. The molecule has 10 nitrogen and oxygen atoms in total. The molecule has 1 saturated heterocycles. The molecule has 0 saturated carbocycles. The van der Waals surface area contributed by atoms with E-state index in [9.17, 15) is 14.7 Å². The number of hydrogen-bond acceptors (Lipinski definition) is 6. The first kappa shape index (κ1) is 27.6. The number of halogens is 1. The number of carbonyl (C=O) groups is 2. The van der Waals surface area contributed by atoms with Crippen LogP contribution in [0.1, 0.15) is 42.2 Å². The minimum Gasteiger partial charge on any atom is -0.496 e. The second-order valence-corrected chi connectivity index (χ2v) is 11.2. The molecule has 42 heavy (non-hydrogen) atoms. The molecule has 2 aromatic heterocycles. The van der Waals surface area contributed by atoms with Crippen molar-refractivity contribution in [3.05, 3.63) is 71.9 Å². The SMILES string of the molecule is COc1ccccc1-c1cc(C2=CCCN(C(=O)CCn3ccnn3)C2)c(F)c2[nH]c(C(=O)N3CC[C@@](C)(O)C3)cc12. The average Bonchev–Trinajstić information content (AvgIpc) is 3.76. The number of ether oxygens (including phenoxy) is 1. The predicted octanol–water partition coefficient (Wildman–Crippen LogP) is 3.88. The summed E-state index contributed by atoms with van der Waals surface area (Å²) >= 11 is 0. The number of benzene rings is 2. The van der Waals surface area contributed by atoms with Crippen molar-refractivity contribution in [1.82, 2.24) is 29.8 Å². The van der Waals surface area contributed by atoms with Crippen LogP contribution in [0.2, 0.25) is 0 Å². The molecule has 4 heterocycles. The second-order valence-electron chi connectivity index (χ2n) is 11.2. The number of aromatic amines is 1. The number of fused-ring (bicyclic) bond motifs is 1. The third-order valence-electron chi connectivity index (χ3n) is 8.10. The zero-order valence-corrected chi connectivity index (χ0v) is 23.6. The number of nitrogens with one attached hydrogen (secondary N) is 1. The third kappa shape index (κ3) is 5.27. The maximum atomic E-state index is 16.4. The summed E-state index contributed by atoms with van der Waals surface area (Å²) in [5.74, 6) is -0.212. The predicted molar refractivity (Wildman–Crippen MR) is 155 cm³/mol. The van der Waals surface area contributed by atoms with Gasteiger partial charge in [0.2, 0.25) is 5.91 Å². The van der Waals surface area contributed by atoms with Gasteiger partial charge >= 0.3 is 0 Å². The van der Waals surface area contributed by atoms with Gasteiger partial charge in [0, 0.05) is 55.3 Å². The highest BCUT2D eigenvalue weighted by atomic mass is 19.1. The van der Waals surface area contributed by atoms with Crippen LogP contribution in [-0.4, -0.2) is 85.6 Å². The fourth-order valence-electron chi connectivity index (χ4n) is 5.86.